The molecule has 0 spiro atoms. The Balaban J connectivity index is 2.77. The highest BCUT2D eigenvalue weighted by Crippen LogP contribution is 2.15. The van der Waals surface area contributed by atoms with E-state index in [1.807, 2.05) is 6.20 Å². The molecule has 0 aliphatic carbocycles. The third-order valence-electron chi connectivity index (χ3n) is 3.22. The van der Waals surface area contributed by atoms with Gasteiger partial charge in [-0.05, 0) is 12.8 Å². The van der Waals surface area contributed by atoms with Crippen LogP contribution in [0.2, 0.25) is 0 Å². The third-order valence-corrected chi connectivity index (χ3v) is 3.22. The minimum Gasteiger partial charge on any atom is -0.355 e. The molecule has 0 saturated carbocycles. The summed E-state index contributed by atoms with van der Waals surface area (Å²) in [7, 11) is 0. The standard InChI is InChI=1S/C13H24N4/c1-4-11(5-2)10-17(6-3)13-9-15-8-12(7-14)16-13/h8-9,11H,4-7,10,14H2,1-3H3. The van der Waals surface area contributed by atoms with Gasteiger partial charge in [-0.3, -0.25) is 4.98 Å². The molecule has 96 valence electrons. The van der Waals surface area contributed by atoms with Crippen LogP contribution < -0.4 is 10.6 Å². The number of hydrogen-bond acceptors (Lipinski definition) is 4. The number of aromatic nitrogens is 2. The monoisotopic (exact) mass is 236 g/mol. The zero-order valence-electron chi connectivity index (χ0n) is 11.2. The predicted octanol–water partition coefficient (Wildman–Crippen LogP) is 2.20. The maximum atomic E-state index is 5.59. The van der Waals surface area contributed by atoms with Crippen molar-refractivity contribution in [1.29, 1.82) is 0 Å². The van der Waals surface area contributed by atoms with E-state index >= 15 is 0 Å². The second kappa shape index (κ2) is 7.22. The SMILES string of the molecule is CCC(CC)CN(CC)c1cncc(CN)n1. The predicted molar refractivity (Wildman–Crippen MR) is 71.9 cm³/mol. The van der Waals surface area contributed by atoms with Crippen molar-refractivity contribution in [2.24, 2.45) is 11.7 Å². The summed E-state index contributed by atoms with van der Waals surface area (Å²) in [5, 5.41) is 0. The van der Waals surface area contributed by atoms with Crippen molar-refractivity contribution in [1.82, 2.24) is 9.97 Å². The second-order valence-electron chi connectivity index (χ2n) is 4.29. The Morgan fingerprint density at radius 2 is 1.94 bits per heavy atom. The summed E-state index contributed by atoms with van der Waals surface area (Å²) in [6.07, 6.45) is 5.97. The van der Waals surface area contributed by atoms with E-state index in [1.54, 1.807) is 6.20 Å². The molecular formula is C13H24N4. The molecule has 0 radical (unpaired) electrons. The van der Waals surface area contributed by atoms with Crippen LogP contribution in [0.4, 0.5) is 5.82 Å². The van der Waals surface area contributed by atoms with E-state index in [9.17, 15) is 0 Å². The summed E-state index contributed by atoms with van der Waals surface area (Å²) < 4.78 is 0. The molecule has 0 amide bonds. The van der Waals surface area contributed by atoms with Crippen LogP contribution in [0.15, 0.2) is 12.4 Å². The van der Waals surface area contributed by atoms with Gasteiger partial charge in [-0.15, -0.1) is 0 Å². The highest BCUT2D eigenvalue weighted by molar-refractivity contribution is 5.36. The van der Waals surface area contributed by atoms with Crippen LogP contribution in [-0.2, 0) is 6.54 Å². The van der Waals surface area contributed by atoms with Gasteiger partial charge in [-0.25, -0.2) is 4.98 Å². The topological polar surface area (TPSA) is 55.0 Å². The lowest BCUT2D eigenvalue weighted by Gasteiger charge is -2.26. The van der Waals surface area contributed by atoms with Crippen LogP contribution in [0.3, 0.4) is 0 Å². The van der Waals surface area contributed by atoms with Gasteiger partial charge in [0, 0.05) is 25.8 Å². The first kappa shape index (κ1) is 13.9. The molecule has 0 aliphatic heterocycles. The van der Waals surface area contributed by atoms with Crippen LogP contribution >= 0.6 is 0 Å². The van der Waals surface area contributed by atoms with Crippen molar-refractivity contribution in [3.05, 3.63) is 18.1 Å². The van der Waals surface area contributed by atoms with Crippen molar-refractivity contribution >= 4 is 5.82 Å². The first-order chi connectivity index (χ1) is 8.24. The summed E-state index contributed by atoms with van der Waals surface area (Å²) in [6, 6.07) is 0. The number of nitrogens with zero attached hydrogens (tertiary/aromatic N) is 3. The Hall–Kier alpha value is -1.16. The Morgan fingerprint density at radius 1 is 1.24 bits per heavy atom. The minimum absolute atomic E-state index is 0.448. The molecule has 0 fully saturated rings. The van der Waals surface area contributed by atoms with Crippen molar-refractivity contribution in [3.8, 4) is 0 Å². The van der Waals surface area contributed by atoms with Gasteiger partial charge < -0.3 is 10.6 Å². The molecule has 1 aromatic rings. The summed E-state index contributed by atoms with van der Waals surface area (Å²) in [4.78, 5) is 11.0. The van der Waals surface area contributed by atoms with E-state index in [-0.39, 0.29) is 0 Å². The molecular weight excluding hydrogens is 212 g/mol. The number of hydrogen-bond donors (Lipinski definition) is 1. The summed E-state index contributed by atoms with van der Waals surface area (Å²) in [6.45, 7) is 9.09. The zero-order valence-corrected chi connectivity index (χ0v) is 11.2. The molecule has 2 N–H and O–H groups in total. The van der Waals surface area contributed by atoms with Crippen molar-refractivity contribution in [3.63, 3.8) is 0 Å². The Morgan fingerprint density at radius 3 is 2.47 bits per heavy atom. The first-order valence-corrected chi connectivity index (χ1v) is 6.50. The highest BCUT2D eigenvalue weighted by atomic mass is 15.2. The fourth-order valence-corrected chi connectivity index (χ4v) is 1.89. The quantitative estimate of drug-likeness (QED) is 0.788. The van der Waals surface area contributed by atoms with Crippen LogP contribution in [0.1, 0.15) is 39.3 Å². The van der Waals surface area contributed by atoms with Gasteiger partial charge in [0.15, 0.2) is 0 Å². The smallest absolute Gasteiger partial charge is 0.147 e. The fourth-order valence-electron chi connectivity index (χ4n) is 1.89. The normalized spacial score (nSPS) is 10.9. The van der Waals surface area contributed by atoms with E-state index in [0.717, 1.165) is 30.5 Å². The lowest BCUT2D eigenvalue weighted by Crippen LogP contribution is -2.30. The summed E-state index contributed by atoms with van der Waals surface area (Å²) in [5.41, 5.74) is 6.45. The lowest BCUT2D eigenvalue weighted by atomic mass is 10.0. The number of anilines is 1. The number of nitrogens with two attached hydrogens (primary N) is 1. The van der Waals surface area contributed by atoms with Crippen LogP contribution in [-0.4, -0.2) is 23.1 Å². The van der Waals surface area contributed by atoms with E-state index in [1.165, 1.54) is 12.8 Å². The van der Waals surface area contributed by atoms with E-state index in [2.05, 4.69) is 35.6 Å². The van der Waals surface area contributed by atoms with Gasteiger partial charge in [-0.2, -0.15) is 0 Å². The van der Waals surface area contributed by atoms with Gasteiger partial charge in [-0.1, -0.05) is 26.7 Å². The first-order valence-electron chi connectivity index (χ1n) is 6.50. The second-order valence-corrected chi connectivity index (χ2v) is 4.29. The Kier molecular flexibility index (Phi) is 5.91. The van der Waals surface area contributed by atoms with E-state index in [0.29, 0.717) is 6.54 Å². The highest BCUT2D eigenvalue weighted by Gasteiger charge is 2.12. The van der Waals surface area contributed by atoms with Gasteiger partial charge in [0.1, 0.15) is 5.82 Å². The molecule has 1 rings (SSSR count). The molecule has 0 aromatic carbocycles. The summed E-state index contributed by atoms with van der Waals surface area (Å²) >= 11 is 0. The van der Waals surface area contributed by atoms with Crippen molar-refractivity contribution in [2.75, 3.05) is 18.0 Å². The molecule has 0 aliphatic rings. The van der Waals surface area contributed by atoms with Gasteiger partial charge in [0.25, 0.3) is 0 Å². The summed E-state index contributed by atoms with van der Waals surface area (Å²) in [5.74, 6) is 1.67. The number of rotatable bonds is 7. The van der Waals surface area contributed by atoms with E-state index in [4.69, 9.17) is 5.73 Å². The van der Waals surface area contributed by atoms with Crippen LogP contribution in [0.5, 0.6) is 0 Å². The molecule has 1 heterocycles. The van der Waals surface area contributed by atoms with Crippen LogP contribution in [0, 0.1) is 5.92 Å². The molecule has 4 nitrogen and oxygen atoms in total. The molecule has 17 heavy (non-hydrogen) atoms. The average Bonchev–Trinajstić information content (AvgIpc) is 2.40. The Labute approximate surface area is 104 Å². The molecule has 4 heteroatoms. The Bertz CT molecular complexity index is 323. The molecule has 1 aromatic heterocycles. The molecule has 0 bridgehead atoms. The van der Waals surface area contributed by atoms with Gasteiger partial charge >= 0.3 is 0 Å². The van der Waals surface area contributed by atoms with E-state index < -0.39 is 0 Å². The maximum absolute atomic E-state index is 5.59. The molecule has 0 atom stereocenters. The largest absolute Gasteiger partial charge is 0.355 e. The average molecular weight is 236 g/mol. The zero-order chi connectivity index (χ0) is 12.7. The van der Waals surface area contributed by atoms with Gasteiger partial charge in [0.2, 0.25) is 0 Å². The molecule has 0 saturated heterocycles. The van der Waals surface area contributed by atoms with Crippen molar-refractivity contribution in [2.45, 2.75) is 40.2 Å². The van der Waals surface area contributed by atoms with Crippen molar-refractivity contribution < 1.29 is 0 Å². The van der Waals surface area contributed by atoms with Crippen LogP contribution in [0.25, 0.3) is 0 Å². The molecule has 0 unspecified atom stereocenters. The lowest BCUT2D eigenvalue weighted by molar-refractivity contribution is 0.484. The maximum Gasteiger partial charge on any atom is 0.147 e. The van der Waals surface area contributed by atoms with Gasteiger partial charge in [0.05, 0.1) is 11.9 Å². The fraction of sp³-hybridized carbons (Fsp3) is 0.692. The third kappa shape index (κ3) is 3.97. The minimum atomic E-state index is 0.448.